The van der Waals surface area contributed by atoms with Gasteiger partial charge in [0.15, 0.2) is 0 Å². The van der Waals surface area contributed by atoms with Crippen LogP contribution in [0.5, 0.6) is 0 Å². The molecule has 1 aliphatic heterocycles. The van der Waals surface area contributed by atoms with Gasteiger partial charge in [0.2, 0.25) is 0 Å². The van der Waals surface area contributed by atoms with Gasteiger partial charge in [0.05, 0.1) is 11.4 Å². The number of rotatable bonds is 5. The van der Waals surface area contributed by atoms with Crippen molar-refractivity contribution >= 4 is 11.4 Å². The maximum atomic E-state index is 3.62. The Kier molecular flexibility index (Phi) is 3.60. The number of fused-ring (bicyclic) bond motifs is 1. The van der Waals surface area contributed by atoms with Crippen molar-refractivity contribution < 1.29 is 0 Å². The molecule has 2 rings (SSSR count). The highest BCUT2D eigenvalue weighted by Crippen LogP contribution is 2.40. The molecule has 2 N–H and O–H groups in total. The zero-order valence-corrected chi connectivity index (χ0v) is 11.2. The molecule has 1 heterocycles. The molecule has 1 aliphatic rings. The third-order valence-electron chi connectivity index (χ3n) is 4.13. The summed E-state index contributed by atoms with van der Waals surface area (Å²) >= 11 is 0. The van der Waals surface area contributed by atoms with E-state index in [1.165, 1.54) is 37.1 Å². The second kappa shape index (κ2) is 4.99. The van der Waals surface area contributed by atoms with Crippen LogP contribution in [0.2, 0.25) is 0 Å². The van der Waals surface area contributed by atoms with E-state index in [-0.39, 0.29) is 0 Å². The lowest BCUT2D eigenvalue weighted by molar-refractivity contribution is 0.249. The molecule has 1 atom stereocenters. The van der Waals surface area contributed by atoms with Crippen LogP contribution in [0.1, 0.15) is 46.5 Å². The molecule has 1 unspecified atom stereocenters. The van der Waals surface area contributed by atoms with Crippen molar-refractivity contribution in [2.24, 2.45) is 5.41 Å². The van der Waals surface area contributed by atoms with Gasteiger partial charge in [-0.2, -0.15) is 0 Å². The highest BCUT2D eigenvalue weighted by molar-refractivity contribution is 5.74. The average molecular weight is 232 g/mol. The van der Waals surface area contributed by atoms with Crippen molar-refractivity contribution in [3.63, 3.8) is 0 Å². The first-order valence-electron chi connectivity index (χ1n) is 6.81. The standard InChI is InChI=1S/C15H24N2/c1-4-6-11-15(3,5-2)14-16-12-9-7-8-10-13(12)17-14/h7-10,14,16-17H,4-6,11H2,1-3H3. The van der Waals surface area contributed by atoms with E-state index in [2.05, 4.69) is 55.7 Å². The van der Waals surface area contributed by atoms with E-state index >= 15 is 0 Å². The van der Waals surface area contributed by atoms with Crippen LogP contribution in [0.4, 0.5) is 11.4 Å². The second-order valence-electron chi connectivity index (χ2n) is 5.38. The Morgan fingerprint density at radius 2 is 1.71 bits per heavy atom. The molecule has 0 amide bonds. The molecule has 0 radical (unpaired) electrons. The summed E-state index contributed by atoms with van der Waals surface area (Å²) in [7, 11) is 0. The molecule has 2 heteroatoms. The summed E-state index contributed by atoms with van der Waals surface area (Å²) in [6.07, 6.45) is 5.43. The summed E-state index contributed by atoms with van der Waals surface area (Å²) in [5.41, 5.74) is 2.82. The Morgan fingerprint density at radius 1 is 1.12 bits per heavy atom. The number of unbranched alkanes of at least 4 members (excludes halogenated alkanes) is 1. The summed E-state index contributed by atoms with van der Waals surface area (Å²) in [5, 5.41) is 7.25. The molecule has 0 aliphatic carbocycles. The highest BCUT2D eigenvalue weighted by Gasteiger charge is 2.35. The average Bonchev–Trinajstić information content (AvgIpc) is 2.80. The molecule has 17 heavy (non-hydrogen) atoms. The van der Waals surface area contributed by atoms with Crippen LogP contribution < -0.4 is 10.6 Å². The molecule has 0 fully saturated rings. The third-order valence-corrected chi connectivity index (χ3v) is 4.13. The van der Waals surface area contributed by atoms with Crippen LogP contribution in [0.15, 0.2) is 24.3 Å². The molecular formula is C15H24N2. The Balaban J connectivity index is 2.09. The maximum Gasteiger partial charge on any atom is 0.102 e. The van der Waals surface area contributed by atoms with Gasteiger partial charge in [-0.1, -0.05) is 45.7 Å². The third kappa shape index (κ3) is 2.41. The van der Waals surface area contributed by atoms with Crippen molar-refractivity contribution in [1.82, 2.24) is 0 Å². The van der Waals surface area contributed by atoms with Gasteiger partial charge >= 0.3 is 0 Å². The van der Waals surface area contributed by atoms with Crippen LogP contribution in [0.25, 0.3) is 0 Å². The van der Waals surface area contributed by atoms with Gasteiger partial charge in [-0.05, 0) is 25.0 Å². The van der Waals surface area contributed by atoms with Gasteiger partial charge in [-0.3, -0.25) is 0 Å². The molecule has 2 nitrogen and oxygen atoms in total. The Labute approximate surface area is 105 Å². The molecule has 1 aromatic carbocycles. The van der Waals surface area contributed by atoms with E-state index in [1.807, 2.05) is 0 Å². The maximum absolute atomic E-state index is 3.62. The van der Waals surface area contributed by atoms with Gasteiger partial charge in [-0.25, -0.2) is 0 Å². The fourth-order valence-electron chi connectivity index (χ4n) is 2.54. The molecule has 0 saturated carbocycles. The number of anilines is 2. The van der Waals surface area contributed by atoms with Crippen LogP contribution >= 0.6 is 0 Å². The van der Waals surface area contributed by atoms with E-state index < -0.39 is 0 Å². The molecule has 0 aromatic heterocycles. The zero-order chi connectivity index (χ0) is 12.3. The van der Waals surface area contributed by atoms with Crippen molar-refractivity contribution in [1.29, 1.82) is 0 Å². The Bertz CT molecular complexity index is 350. The minimum absolute atomic E-state index is 0.328. The molecule has 94 valence electrons. The van der Waals surface area contributed by atoms with Crippen molar-refractivity contribution in [2.75, 3.05) is 10.6 Å². The summed E-state index contributed by atoms with van der Waals surface area (Å²) in [5.74, 6) is 0. The van der Waals surface area contributed by atoms with Gasteiger partial charge in [0, 0.05) is 5.41 Å². The summed E-state index contributed by atoms with van der Waals surface area (Å²) < 4.78 is 0. The van der Waals surface area contributed by atoms with E-state index in [9.17, 15) is 0 Å². The monoisotopic (exact) mass is 232 g/mol. The molecule has 0 spiro atoms. The van der Waals surface area contributed by atoms with E-state index in [1.54, 1.807) is 0 Å². The Hall–Kier alpha value is -1.18. The van der Waals surface area contributed by atoms with Crippen LogP contribution in [-0.2, 0) is 0 Å². The first kappa shape index (κ1) is 12.3. The van der Waals surface area contributed by atoms with Gasteiger partial charge in [0.25, 0.3) is 0 Å². The smallest absolute Gasteiger partial charge is 0.102 e. The fourth-order valence-corrected chi connectivity index (χ4v) is 2.54. The number of hydrogen-bond acceptors (Lipinski definition) is 2. The lowest BCUT2D eigenvalue weighted by atomic mass is 9.79. The first-order valence-corrected chi connectivity index (χ1v) is 6.81. The number of nitrogens with one attached hydrogen (secondary N) is 2. The largest absolute Gasteiger partial charge is 0.363 e. The SMILES string of the molecule is CCCCC(C)(CC)C1Nc2ccccc2N1. The topological polar surface area (TPSA) is 24.1 Å². The fraction of sp³-hybridized carbons (Fsp3) is 0.600. The predicted octanol–water partition coefficient (Wildman–Crippen LogP) is 4.46. The zero-order valence-electron chi connectivity index (χ0n) is 11.2. The quantitative estimate of drug-likeness (QED) is 0.783. The minimum Gasteiger partial charge on any atom is -0.363 e. The van der Waals surface area contributed by atoms with Gasteiger partial charge in [0.1, 0.15) is 6.17 Å². The lowest BCUT2D eigenvalue weighted by Crippen LogP contribution is -2.40. The second-order valence-corrected chi connectivity index (χ2v) is 5.38. The number of para-hydroxylation sites is 2. The first-order chi connectivity index (χ1) is 8.19. The molecular weight excluding hydrogens is 208 g/mol. The lowest BCUT2D eigenvalue weighted by Gasteiger charge is -2.35. The van der Waals surface area contributed by atoms with Crippen LogP contribution in [-0.4, -0.2) is 6.17 Å². The van der Waals surface area contributed by atoms with Crippen LogP contribution in [0, 0.1) is 5.41 Å². The summed E-state index contributed by atoms with van der Waals surface area (Å²) in [6, 6.07) is 8.48. The highest BCUT2D eigenvalue weighted by atomic mass is 15.2. The number of benzene rings is 1. The van der Waals surface area contributed by atoms with Crippen molar-refractivity contribution in [2.45, 2.75) is 52.6 Å². The molecule has 1 aromatic rings. The van der Waals surface area contributed by atoms with E-state index in [4.69, 9.17) is 0 Å². The van der Waals surface area contributed by atoms with Crippen molar-refractivity contribution in [3.05, 3.63) is 24.3 Å². The summed E-state index contributed by atoms with van der Waals surface area (Å²) in [6.45, 7) is 6.95. The van der Waals surface area contributed by atoms with Gasteiger partial charge in [-0.15, -0.1) is 0 Å². The van der Waals surface area contributed by atoms with Crippen LogP contribution in [0.3, 0.4) is 0 Å². The molecule has 0 saturated heterocycles. The normalized spacial score (nSPS) is 18.1. The molecule has 0 bridgehead atoms. The van der Waals surface area contributed by atoms with Gasteiger partial charge < -0.3 is 10.6 Å². The van der Waals surface area contributed by atoms with E-state index in [0.717, 1.165) is 0 Å². The van der Waals surface area contributed by atoms with Crippen molar-refractivity contribution in [3.8, 4) is 0 Å². The minimum atomic E-state index is 0.328. The summed E-state index contributed by atoms with van der Waals surface area (Å²) in [4.78, 5) is 0. The number of hydrogen-bond donors (Lipinski definition) is 2. The predicted molar refractivity (Wildman–Crippen MR) is 75.4 cm³/mol. The van der Waals surface area contributed by atoms with E-state index in [0.29, 0.717) is 11.6 Å². The Morgan fingerprint density at radius 3 is 2.18 bits per heavy atom.